The molecule has 0 radical (unpaired) electrons. The largest absolute Gasteiger partial charge is 0.313 e. The highest BCUT2D eigenvalue weighted by Gasteiger charge is 2.17. The summed E-state index contributed by atoms with van der Waals surface area (Å²) in [5.74, 6) is 1.71. The SMILES string of the molecule is Cc1cc(CNCCC2CCCC(C)C2)ccc1F. The van der Waals surface area contributed by atoms with Crippen molar-refractivity contribution < 1.29 is 4.39 Å². The second-order valence-corrected chi connectivity index (χ2v) is 6.19. The summed E-state index contributed by atoms with van der Waals surface area (Å²) >= 11 is 0. The van der Waals surface area contributed by atoms with E-state index < -0.39 is 0 Å². The molecule has 1 fully saturated rings. The van der Waals surface area contributed by atoms with E-state index in [2.05, 4.69) is 12.2 Å². The molecule has 1 aliphatic carbocycles. The van der Waals surface area contributed by atoms with Crippen LogP contribution >= 0.6 is 0 Å². The van der Waals surface area contributed by atoms with Crippen molar-refractivity contribution in [2.24, 2.45) is 11.8 Å². The van der Waals surface area contributed by atoms with Crippen LogP contribution in [0.4, 0.5) is 4.39 Å². The third-order valence-corrected chi connectivity index (χ3v) is 4.33. The van der Waals surface area contributed by atoms with Crippen LogP contribution in [0.2, 0.25) is 0 Å². The summed E-state index contributed by atoms with van der Waals surface area (Å²) in [7, 11) is 0. The average molecular weight is 263 g/mol. The molecule has 1 aliphatic rings. The molecule has 1 N–H and O–H groups in total. The minimum Gasteiger partial charge on any atom is -0.313 e. The smallest absolute Gasteiger partial charge is 0.126 e. The number of benzene rings is 1. The molecular weight excluding hydrogens is 237 g/mol. The van der Waals surface area contributed by atoms with Gasteiger partial charge in [0.25, 0.3) is 0 Å². The Morgan fingerprint density at radius 2 is 2.16 bits per heavy atom. The number of halogens is 1. The predicted octanol–water partition coefficient (Wildman–Crippen LogP) is 4.44. The molecule has 19 heavy (non-hydrogen) atoms. The number of rotatable bonds is 5. The highest BCUT2D eigenvalue weighted by molar-refractivity contribution is 5.23. The maximum Gasteiger partial charge on any atom is 0.126 e. The molecule has 0 spiro atoms. The highest BCUT2D eigenvalue weighted by Crippen LogP contribution is 2.30. The summed E-state index contributed by atoms with van der Waals surface area (Å²) in [5, 5.41) is 3.49. The molecule has 0 bridgehead atoms. The van der Waals surface area contributed by atoms with E-state index in [1.807, 2.05) is 19.1 Å². The standard InChI is InChI=1S/C17H26FN/c1-13-4-3-5-15(10-13)8-9-19-12-16-6-7-17(18)14(2)11-16/h6-7,11,13,15,19H,3-5,8-10,12H2,1-2H3. The summed E-state index contributed by atoms with van der Waals surface area (Å²) in [6.45, 7) is 6.13. The second-order valence-electron chi connectivity index (χ2n) is 6.19. The van der Waals surface area contributed by atoms with Gasteiger partial charge in [0, 0.05) is 6.54 Å². The van der Waals surface area contributed by atoms with Gasteiger partial charge in [-0.05, 0) is 55.3 Å². The van der Waals surface area contributed by atoms with E-state index in [0.717, 1.165) is 30.5 Å². The van der Waals surface area contributed by atoms with Crippen molar-refractivity contribution in [1.29, 1.82) is 0 Å². The maximum atomic E-state index is 13.1. The van der Waals surface area contributed by atoms with Crippen LogP contribution in [0, 0.1) is 24.6 Å². The van der Waals surface area contributed by atoms with E-state index in [-0.39, 0.29) is 5.82 Å². The minimum atomic E-state index is -0.111. The van der Waals surface area contributed by atoms with Gasteiger partial charge in [0.2, 0.25) is 0 Å². The fraction of sp³-hybridized carbons (Fsp3) is 0.647. The Balaban J connectivity index is 1.67. The van der Waals surface area contributed by atoms with E-state index in [4.69, 9.17) is 0 Å². The summed E-state index contributed by atoms with van der Waals surface area (Å²) in [4.78, 5) is 0. The molecule has 0 heterocycles. The molecule has 1 nitrogen and oxygen atoms in total. The fourth-order valence-electron chi connectivity index (χ4n) is 3.18. The van der Waals surface area contributed by atoms with E-state index in [9.17, 15) is 4.39 Å². The van der Waals surface area contributed by atoms with Crippen molar-refractivity contribution in [3.63, 3.8) is 0 Å². The lowest BCUT2D eigenvalue weighted by Crippen LogP contribution is -2.21. The van der Waals surface area contributed by atoms with Crippen molar-refractivity contribution in [2.45, 2.75) is 52.5 Å². The molecular formula is C17H26FN. The molecule has 2 heteroatoms. The van der Waals surface area contributed by atoms with Crippen LogP contribution in [0.15, 0.2) is 18.2 Å². The third-order valence-electron chi connectivity index (χ3n) is 4.33. The lowest BCUT2D eigenvalue weighted by Gasteiger charge is -2.26. The molecule has 1 aromatic rings. The van der Waals surface area contributed by atoms with Crippen molar-refractivity contribution in [3.05, 3.63) is 35.1 Å². The number of hydrogen-bond acceptors (Lipinski definition) is 1. The summed E-state index contributed by atoms with van der Waals surface area (Å²) < 4.78 is 13.1. The normalized spacial score (nSPS) is 23.5. The van der Waals surface area contributed by atoms with Crippen LogP contribution in [-0.2, 0) is 6.54 Å². The molecule has 106 valence electrons. The summed E-state index contributed by atoms with van der Waals surface area (Å²) in [5.41, 5.74) is 1.91. The van der Waals surface area contributed by atoms with Crippen LogP contribution in [0.1, 0.15) is 50.2 Å². The van der Waals surface area contributed by atoms with Gasteiger partial charge in [0.1, 0.15) is 5.82 Å². The number of nitrogens with one attached hydrogen (secondary N) is 1. The van der Waals surface area contributed by atoms with Crippen LogP contribution in [0.25, 0.3) is 0 Å². The van der Waals surface area contributed by atoms with Crippen molar-refractivity contribution in [2.75, 3.05) is 6.54 Å². The van der Waals surface area contributed by atoms with Crippen LogP contribution in [0.5, 0.6) is 0 Å². The molecule has 0 amide bonds. The zero-order chi connectivity index (χ0) is 13.7. The van der Waals surface area contributed by atoms with Crippen LogP contribution < -0.4 is 5.32 Å². The Bertz CT molecular complexity index is 402. The van der Waals surface area contributed by atoms with Crippen molar-refractivity contribution in [3.8, 4) is 0 Å². The first-order chi connectivity index (χ1) is 9.15. The van der Waals surface area contributed by atoms with Crippen LogP contribution in [-0.4, -0.2) is 6.54 Å². The van der Waals surface area contributed by atoms with Crippen molar-refractivity contribution in [1.82, 2.24) is 5.32 Å². The van der Waals surface area contributed by atoms with Gasteiger partial charge in [-0.1, -0.05) is 38.3 Å². The van der Waals surface area contributed by atoms with Gasteiger partial charge >= 0.3 is 0 Å². The Hall–Kier alpha value is -0.890. The van der Waals surface area contributed by atoms with E-state index in [0.29, 0.717) is 0 Å². The second kappa shape index (κ2) is 7.04. The highest BCUT2D eigenvalue weighted by atomic mass is 19.1. The molecule has 0 saturated heterocycles. The van der Waals surface area contributed by atoms with Crippen molar-refractivity contribution >= 4 is 0 Å². The number of aryl methyl sites for hydroxylation is 1. The Morgan fingerprint density at radius 1 is 1.32 bits per heavy atom. The van der Waals surface area contributed by atoms with Gasteiger partial charge in [0.05, 0.1) is 0 Å². The van der Waals surface area contributed by atoms with E-state index >= 15 is 0 Å². The molecule has 1 saturated carbocycles. The molecule has 0 aromatic heterocycles. The van der Waals surface area contributed by atoms with Gasteiger partial charge in [-0.25, -0.2) is 4.39 Å². The zero-order valence-electron chi connectivity index (χ0n) is 12.2. The molecule has 2 rings (SSSR count). The summed E-state index contributed by atoms with van der Waals surface area (Å²) in [6, 6.07) is 5.37. The summed E-state index contributed by atoms with van der Waals surface area (Å²) in [6.07, 6.45) is 6.91. The first kappa shape index (κ1) is 14.5. The molecule has 1 aromatic carbocycles. The first-order valence-corrected chi connectivity index (χ1v) is 7.61. The van der Waals surface area contributed by atoms with Gasteiger partial charge in [-0.2, -0.15) is 0 Å². The van der Waals surface area contributed by atoms with E-state index in [1.54, 1.807) is 6.07 Å². The first-order valence-electron chi connectivity index (χ1n) is 7.61. The van der Waals surface area contributed by atoms with Gasteiger partial charge in [0.15, 0.2) is 0 Å². The number of hydrogen-bond donors (Lipinski definition) is 1. The molecule has 2 unspecified atom stereocenters. The fourth-order valence-corrected chi connectivity index (χ4v) is 3.18. The average Bonchev–Trinajstić information content (AvgIpc) is 2.39. The predicted molar refractivity (Wildman–Crippen MR) is 78.6 cm³/mol. The zero-order valence-corrected chi connectivity index (χ0v) is 12.2. The van der Waals surface area contributed by atoms with E-state index in [1.165, 1.54) is 37.7 Å². The van der Waals surface area contributed by atoms with Gasteiger partial charge in [-0.3, -0.25) is 0 Å². The minimum absolute atomic E-state index is 0.111. The molecule has 2 atom stereocenters. The maximum absolute atomic E-state index is 13.1. The Morgan fingerprint density at radius 3 is 2.89 bits per heavy atom. The van der Waals surface area contributed by atoms with Crippen LogP contribution in [0.3, 0.4) is 0 Å². The lowest BCUT2D eigenvalue weighted by molar-refractivity contribution is 0.267. The Labute approximate surface area is 116 Å². The monoisotopic (exact) mass is 263 g/mol. The Kier molecular flexibility index (Phi) is 5.38. The van der Waals surface area contributed by atoms with Gasteiger partial charge in [-0.15, -0.1) is 0 Å². The quantitative estimate of drug-likeness (QED) is 0.774. The topological polar surface area (TPSA) is 12.0 Å². The van der Waals surface area contributed by atoms with Gasteiger partial charge < -0.3 is 5.32 Å². The lowest BCUT2D eigenvalue weighted by atomic mass is 9.81. The third kappa shape index (κ3) is 4.61. The molecule has 0 aliphatic heterocycles.